The summed E-state index contributed by atoms with van der Waals surface area (Å²) in [5, 5.41) is 0. The second kappa shape index (κ2) is 9.05. The van der Waals surface area contributed by atoms with Gasteiger partial charge in [-0.1, -0.05) is 49.0 Å². The van der Waals surface area contributed by atoms with Gasteiger partial charge < -0.3 is 9.15 Å². The average molecular weight is 420 g/mol. The van der Waals surface area contributed by atoms with Crippen molar-refractivity contribution < 1.29 is 18.7 Å². The van der Waals surface area contributed by atoms with E-state index in [0.29, 0.717) is 28.4 Å². The van der Waals surface area contributed by atoms with Crippen LogP contribution in [0.25, 0.3) is 5.57 Å². The molecule has 152 valence electrons. The second-order valence-corrected chi connectivity index (χ2v) is 7.85. The first-order valence-corrected chi connectivity index (χ1v) is 10.6. The SMILES string of the molecule is CCCOc1ccc(C2=C(Sc3ccccc3)C(=O)N(Cc3ccco3)C2=O)cc1. The summed E-state index contributed by atoms with van der Waals surface area (Å²) in [6.07, 6.45) is 2.45. The lowest BCUT2D eigenvalue weighted by molar-refractivity contribution is -0.137. The number of hydrogen-bond acceptors (Lipinski definition) is 5. The van der Waals surface area contributed by atoms with Gasteiger partial charge in [0.05, 0.1) is 29.9 Å². The van der Waals surface area contributed by atoms with E-state index in [-0.39, 0.29) is 18.4 Å². The Balaban J connectivity index is 1.69. The third-order valence-corrected chi connectivity index (χ3v) is 5.69. The van der Waals surface area contributed by atoms with Crippen LogP contribution >= 0.6 is 11.8 Å². The minimum Gasteiger partial charge on any atom is -0.494 e. The Morgan fingerprint density at radius 1 is 0.933 bits per heavy atom. The molecular weight excluding hydrogens is 398 g/mol. The zero-order valence-electron chi connectivity index (χ0n) is 16.5. The number of ether oxygens (including phenoxy) is 1. The van der Waals surface area contributed by atoms with E-state index in [1.54, 1.807) is 12.1 Å². The number of nitrogens with zero attached hydrogens (tertiary/aromatic N) is 1. The van der Waals surface area contributed by atoms with Gasteiger partial charge in [-0.05, 0) is 48.4 Å². The maximum absolute atomic E-state index is 13.3. The lowest BCUT2D eigenvalue weighted by Gasteiger charge is -2.13. The summed E-state index contributed by atoms with van der Waals surface area (Å²) in [6, 6.07) is 20.4. The number of furan rings is 1. The van der Waals surface area contributed by atoms with Crippen molar-refractivity contribution in [3.63, 3.8) is 0 Å². The van der Waals surface area contributed by atoms with Crippen molar-refractivity contribution in [3.8, 4) is 5.75 Å². The highest BCUT2D eigenvalue weighted by Gasteiger charge is 2.39. The molecule has 0 atom stereocenters. The number of amides is 2. The van der Waals surface area contributed by atoms with Crippen molar-refractivity contribution >= 4 is 29.1 Å². The average Bonchev–Trinajstić information content (AvgIpc) is 3.37. The summed E-state index contributed by atoms with van der Waals surface area (Å²) >= 11 is 1.31. The van der Waals surface area contributed by atoms with Crippen LogP contribution in [-0.2, 0) is 16.1 Å². The molecular formula is C24H21NO4S. The fourth-order valence-electron chi connectivity index (χ4n) is 3.15. The molecule has 30 heavy (non-hydrogen) atoms. The van der Waals surface area contributed by atoms with E-state index in [1.807, 2.05) is 61.5 Å². The minimum absolute atomic E-state index is 0.102. The Labute approximate surface area is 179 Å². The monoisotopic (exact) mass is 419 g/mol. The number of hydrogen-bond donors (Lipinski definition) is 0. The predicted octanol–water partition coefficient (Wildman–Crippen LogP) is 5.14. The first kappa shape index (κ1) is 20.0. The zero-order chi connectivity index (χ0) is 20.9. The molecule has 0 fully saturated rings. The summed E-state index contributed by atoms with van der Waals surface area (Å²) in [4.78, 5) is 29.0. The highest BCUT2D eigenvalue weighted by atomic mass is 32.2. The standard InChI is InChI=1S/C24H21NO4S/c1-2-14-28-18-12-10-17(11-13-18)21-22(30-20-8-4-3-5-9-20)24(27)25(23(21)26)16-19-7-6-15-29-19/h3-13,15H,2,14,16H2,1H3. The topological polar surface area (TPSA) is 59.8 Å². The molecule has 0 bridgehead atoms. The van der Waals surface area contributed by atoms with Gasteiger partial charge in [-0.15, -0.1) is 0 Å². The van der Waals surface area contributed by atoms with E-state index in [0.717, 1.165) is 17.1 Å². The maximum Gasteiger partial charge on any atom is 0.268 e. The van der Waals surface area contributed by atoms with Crippen molar-refractivity contribution in [1.82, 2.24) is 4.90 Å². The van der Waals surface area contributed by atoms with Crippen LogP contribution in [0.3, 0.4) is 0 Å². The second-order valence-electron chi connectivity index (χ2n) is 6.77. The van der Waals surface area contributed by atoms with E-state index < -0.39 is 0 Å². The molecule has 1 aliphatic heterocycles. The Hall–Kier alpha value is -3.25. The lowest BCUT2D eigenvalue weighted by Crippen LogP contribution is -2.30. The highest BCUT2D eigenvalue weighted by molar-refractivity contribution is 8.04. The first-order chi connectivity index (χ1) is 14.7. The van der Waals surface area contributed by atoms with Crippen molar-refractivity contribution in [2.24, 2.45) is 0 Å². The molecule has 3 aromatic rings. The van der Waals surface area contributed by atoms with Crippen LogP contribution in [-0.4, -0.2) is 23.3 Å². The third kappa shape index (κ3) is 4.19. The fraction of sp³-hybridized carbons (Fsp3) is 0.167. The molecule has 0 radical (unpaired) electrons. The number of carbonyl (C=O) groups is 2. The quantitative estimate of drug-likeness (QED) is 0.473. The molecule has 2 heterocycles. The van der Waals surface area contributed by atoms with E-state index in [4.69, 9.17) is 9.15 Å². The molecule has 0 saturated heterocycles. The summed E-state index contributed by atoms with van der Waals surface area (Å²) in [7, 11) is 0. The number of thioether (sulfide) groups is 1. The van der Waals surface area contributed by atoms with Gasteiger partial charge in [-0.25, -0.2) is 0 Å². The molecule has 0 spiro atoms. The summed E-state index contributed by atoms with van der Waals surface area (Å²) in [6.45, 7) is 2.78. The van der Waals surface area contributed by atoms with Gasteiger partial charge in [0.1, 0.15) is 11.5 Å². The number of carbonyl (C=O) groups excluding carboxylic acids is 2. The normalized spacial score (nSPS) is 14.0. The fourth-order valence-corrected chi connectivity index (χ4v) is 4.18. The zero-order valence-corrected chi connectivity index (χ0v) is 17.4. The molecule has 0 unspecified atom stereocenters. The third-order valence-electron chi connectivity index (χ3n) is 4.60. The Morgan fingerprint density at radius 3 is 2.37 bits per heavy atom. The molecule has 0 saturated carbocycles. The molecule has 0 N–H and O–H groups in total. The number of benzene rings is 2. The van der Waals surface area contributed by atoms with Crippen LogP contribution in [0.2, 0.25) is 0 Å². The van der Waals surface area contributed by atoms with Gasteiger partial charge in [-0.2, -0.15) is 0 Å². The summed E-state index contributed by atoms with van der Waals surface area (Å²) < 4.78 is 11.0. The van der Waals surface area contributed by atoms with Crippen LogP contribution in [0.1, 0.15) is 24.7 Å². The maximum atomic E-state index is 13.3. The first-order valence-electron chi connectivity index (χ1n) is 9.76. The number of rotatable bonds is 8. The molecule has 2 aromatic carbocycles. The molecule has 1 aliphatic rings. The van der Waals surface area contributed by atoms with Gasteiger partial charge in [0, 0.05) is 4.90 Å². The number of imide groups is 1. The largest absolute Gasteiger partial charge is 0.494 e. The Bertz CT molecular complexity index is 1060. The van der Waals surface area contributed by atoms with Crippen LogP contribution in [0.5, 0.6) is 5.75 Å². The molecule has 4 rings (SSSR count). The summed E-state index contributed by atoms with van der Waals surface area (Å²) in [5.74, 6) is 0.664. The van der Waals surface area contributed by atoms with Gasteiger partial charge in [0.2, 0.25) is 0 Å². The predicted molar refractivity (Wildman–Crippen MR) is 116 cm³/mol. The Morgan fingerprint density at radius 2 is 1.70 bits per heavy atom. The van der Waals surface area contributed by atoms with Crippen LogP contribution in [0, 0.1) is 0 Å². The molecule has 6 heteroatoms. The summed E-state index contributed by atoms with van der Waals surface area (Å²) in [5.41, 5.74) is 1.10. The van der Waals surface area contributed by atoms with Crippen molar-refractivity contribution in [3.05, 3.63) is 89.2 Å². The van der Waals surface area contributed by atoms with E-state index in [2.05, 4.69) is 0 Å². The lowest BCUT2D eigenvalue weighted by atomic mass is 10.1. The van der Waals surface area contributed by atoms with E-state index in [1.165, 1.54) is 22.9 Å². The smallest absolute Gasteiger partial charge is 0.268 e. The Kier molecular flexibility index (Phi) is 6.05. The molecule has 1 aromatic heterocycles. The van der Waals surface area contributed by atoms with Crippen LogP contribution in [0.15, 0.2) is 87.2 Å². The van der Waals surface area contributed by atoms with Gasteiger partial charge >= 0.3 is 0 Å². The van der Waals surface area contributed by atoms with Crippen molar-refractivity contribution in [2.75, 3.05) is 6.61 Å². The van der Waals surface area contributed by atoms with Crippen molar-refractivity contribution in [1.29, 1.82) is 0 Å². The van der Waals surface area contributed by atoms with E-state index in [9.17, 15) is 9.59 Å². The molecule has 0 aliphatic carbocycles. The molecule has 5 nitrogen and oxygen atoms in total. The van der Waals surface area contributed by atoms with Crippen LogP contribution in [0.4, 0.5) is 0 Å². The van der Waals surface area contributed by atoms with Crippen molar-refractivity contribution in [2.45, 2.75) is 24.8 Å². The van der Waals surface area contributed by atoms with Crippen LogP contribution < -0.4 is 4.74 Å². The van der Waals surface area contributed by atoms with Gasteiger partial charge in [0.15, 0.2) is 0 Å². The molecule has 2 amide bonds. The minimum atomic E-state index is -0.322. The van der Waals surface area contributed by atoms with Gasteiger partial charge in [0.25, 0.3) is 11.8 Å². The van der Waals surface area contributed by atoms with E-state index >= 15 is 0 Å². The van der Waals surface area contributed by atoms with Gasteiger partial charge in [-0.3, -0.25) is 14.5 Å². The highest BCUT2D eigenvalue weighted by Crippen LogP contribution is 2.40.